The molecule has 0 aromatic heterocycles. The molecule has 4 aromatic rings. The van der Waals surface area contributed by atoms with Gasteiger partial charge in [0, 0.05) is 22.7 Å². The molecule has 1 heterocycles. The van der Waals surface area contributed by atoms with Gasteiger partial charge in [-0.05, 0) is 89.1 Å². The zero-order valence-corrected chi connectivity index (χ0v) is 29.2. The number of nitrogens with zero attached hydrogens (tertiary/aromatic N) is 1. The highest BCUT2D eigenvalue weighted by Gasteiger charge is 2.25. The molecule has 0 amide bonds. The van der Waals surface area contributed by atoms with Gasteiger partial charge in [0.1, 0.15) is 5.84 Å². The van der Waals surface area contributed by atoms with Gasteiger partial charge in [-0.2, -0.15) is 0 Å². The number of hydrogen-bond donors (Lipinski definition) is 3. The number of nitrogens with two attached hydrogens (primary N) is 1. The van der Waals surface area contributed by atoms with E-state index in [1.807, 2.05) is 12.1 Å². The average Bonchev–Trinajstić information content (AvgIpc) is 3.21. The van der Waals surface area contributed by atoms with Crippen molar-refractivity contribution in [3.8, 4) is 22.3 Å². The van der Waals surface area contributed by atoms with Crippen molar-refractivity contribution >= 4 is 23.5 Å². The number of rotatable bonds is 8. The third kappa shape index (κ3) is 7.17. The molecule has 0 spiro atoms. The molecule has 4 N–H and O–H groups in total. The molecule has 4 aromatic carbocycles. The van der Waals surface area contributed by atoms with E-state index in [2.05, 4.69) is 121 Å². The Morgan fingerprint density at radius 3 is 2.24 bits per heavy atom. The molecule has 4 aliphatic rings. The number of fused-ring (bicyclic) bond motifs is 1. The van der Waals surface area contributed by atoms with Crippen LogP contribution < -0.4 is 11.1 Å². The van der Waals surface area contributed by atoms with Crippen molar-refractivity contribution in [3.05, 3.63) is 155 Å². The topological polar surface area (TPSA) is 83.5 Å². The molecule has 3 aliphatic carbocycles. The SMILES string of the molecule is N=C(OC(N)c1ccc(-c2ccc(-c3ccc(C4=CC(c5ccccc5)N=C(C5=CC=CCC5)N4)c4c3C=CCC4)cc2)cc1)C1CCCCC1. The van der Waals surface area contributed by atoms with Gasteiger partial charge in [0.05, 0.1) is 6.04 Å². The fourth-order valence-electron chi connectivity index (χ4n) is 7.91. The van der Waals surface area contributed by atoms with Crippen LogP contribution in [0.15, 0.2) is 132 Å². The second kappa shape index (κ2) is 14.9. The van der Waals surface area contributed by atoms with Crippen molar-refractivity contribution < 1.29 is 4.74 Å². The van der Waals surface area contributed by atoms with E-state index >= 15 is 0 Å². The minimum Gasteiger partial charge on any atom is -0.458 e. The lowest BCUT2D eigenvalue weighted by molar-refractivity contribution is 0.174. The number of ether oxygens (including phenoxy) is 1. The Balaban J connectivity index is 1.04. The largest absolute Gasteiger partial charge is 0.458 e. The second-order valence-corrected chi connectivity index (χ2v) is 14.1. The van der Waals surface area contributed by atoms with Crippen LogP contribution >= 0.6 is 0 Å². The lowest BCUT2D eigenvalue weighted by atomic mass is 9.84. The molecular formula is C46H46N4O. The first kappa shape index (κ1) is 32.9. The fourth-order valence-corrected chi connectivity index (χ4v) is 7.91. The quantitative estimate of drug-likeness (QED) is 0.0991. The van der Waals surface area contributed by atoms with E-state index in [4.69, 9.17) is 20.9 Å². The predicted molar refractivity (Wildman–Crippen MR) is 211 cm³/mol. The Kier molecular flexibility index (Phi) is 9.63. The second-order valence-electron chi connectivity index (χ2n) is 14.1. The van der Waals surface area contributed by atoms with Gasteiger partial charge >= 0.3 is 0 Å². The molecule has 51 heavy (non-hydrogen) atoms. The van der Waals surface area contributed by atoms with Crippen molar-refractivity contribution in [2.75, 3.05) is 0 Å². The molecule has 256 valence electrons. The van der Waals surface area contributed by atoms with Crippen LogP contribution in [0.5, 0.6) is 0 Å². The minimum absolute atomic E-state index is 0.0429. The van der Waals surface area contributed by atoms with Crippen molar-refractivity contribution in [2.24, 2.45) is 16.6 Å². The molecule has 1 saturated carbocycles. The minimum atomic E-state index is -0.623. The Bertz CT molecular complexity index is 2040. The number of aliphatic imine (C=N–C) groups is 1. The van der Waals surface area contributed by atoms with Gasteiger partial charge in [-0.1, -0.05) is 141 Å². The predicted octanol–water partition coefficient (Wildman–Crippen LogP) is 10.9. The molecule has 2 atom stereocenters. The standard InChI is InChI=1S/C46H46N4O/c47-44(35-14-6-2-7-15-35)51-45(48)36-26-22-32(23-27-36)31-20-24-33(25-21-31)38-28-29-41(40-19-11-10-18-39(38)40)43-30-42(34-12-4-1-5-13-34)49-46(50-43)37-16-8-3-9-17-37/h1,3-5,8,10,12-13,16,18,20-30,35,42,45,47H,2,6-7,9,11,14-15,17,19,48H2,(H,49,50). The van der Waals surface area contributed by atoms with E-state index in [9.17, 15) is 0 Å². The number of amidine groups is 1. The lowest BCUT2D eigenvalue weighted by Crippen LogP contribution is -2.29. The van der Waals surface area contributed by atoms with E-state index in [0.717, 1.165) is 66.7 Å². The summed E-state index contributed by atoms with van der Waals surface area (Å²) in [4.78, 5) is 5.20. The Labute approximate surface area is 301 Å². The molecule has 1 fully saturated rings. The van der Waals surface area contributed by atoms with Gasteiger partial charge in [-0.3, -0.25) is 16.1 Å². The summed E-state index contributed by atoms with van der Waals surface area (Å²) in [5.41, 5.74) is 19.5. The molecule has 0 saturated heterocycles. The Morgan fingerprint density at radius 2 is 1.49 bits per heavy atom. The normalized spacial score (nSPS) is 19.2. The Hall–Kier alpha value is -5.26. The number of benzene rings is 4. The molecule has 0 radical (unpaired) electrons. The van der Waals surface area contributed by atoms with Gasteiger partial charge in [-0.15, -0.1) is 0 Å². The van der Waals surface area contributed by atoms with E-state index in [1.54, 1.807) is 0 Å². The first-order valence-corrected chi connectivity index (χ1v) is 18.6. The van der Waals surface area contributed by atoms with Gasteiger partial charge in [0.25, 0.3) is 0 Å². The number of hydrogen-bond acceptors (Lipinski definition) is 5. The van der Waals surface area contributed by atoms with Crippen LogP contribution in [0.25, 0.3) is 34.0 Å². The number of allylic oxidation sites excluding steroid dienone is 4. The van der Waals surface area contributed by atoms with E-state index < -0.39 is 6.23 Å². The summed E-state index contributed by atoms with van der Waals surface area (Å²) in [6.07, 6.45) is 22.6. The zero-order chi connectivity index (χ0) is 34.6. The van der Waals surface area contributed by atoms with Crippen LogP contribution in [0.3, 0.4) is 0 Å². The highest BCUT2D eigenvalue weighted by molar-refractivity contribution is 6.05. The Morgan fingerprint density at radius 1 is 0.784 bits per heavy atom. The summed E-state index contributed by atoms with van der Waals surface area (Å²) in [7, 11) is 0. The van der Waals surface area contributed by atoms with E-state index in [1.165, 1.54) is 58.2 Å². The fraction of sp³-hybridized carbons (Fsp3) is 0.261. The van der Waals surface area contributed by atoms with Gasteiger partial charge in [-0.25, -0.2) is 0 Å². The molecule has 2 unspecified atom stereocenters. The summed E-state index contributed by atoms with van der Waals surface area (Å²) in [5, 5.41) is 12.2. The van der Waals surface area contributed by atoms with Crippen molar-refractivity contribution in [1.29, 1.82) is 5.41 Å². The molecule has 8 rings (SSSR count). The third-order valence-corrected chi connectivity index (χ3v) is 10.8. The lowest BCUT2D eigenvalue weighted by Gasteiger charge is -2.27. The maximum absolute atomic E-state index is 8.42. The van der Waals surface area contributed by atoms with Crippen molar-refractivity contribution in [3.63, 3.8) is 0 Å². The molecular weight excluding hydrogens is 625 g/mol. The maximum atomic E-state index is 8.42. The highest BCUT2D eigenvalue weighted by atomic mass is 16.5. The van der Waals surface area contributed by atoms with Crippen LogP contribution in [-0.4, -0.2) is 11.7 Å². The molecule has 5 heteroatoms. The van der Waals surface area contributed by atoms with Crippen LogP contribution in [0.2, 0.25) is 0 Å². The molecule has 1 aliphatic heterocycles. The van der Waals surface area contributed by atoms with Crippen LogP contribution in [0.1, 0.15) is 91.5 Å². The van der Waals surface area contributed by atoms with Crippen molar-refractivity contribution in [1.82, 2.24) is 5.32 Å². The summed E-state index contributed by atoms with van der Waals surface area (Å²) in [6, 6.07) is 32.3. The summed E-state index contributed by atoms with van der Waals surface area (Å²) in [5.74, 6) is 1.52. The highest BCUT2D eigenvalue weighted by Crippen LogP contribution is 2.38. The third-order valence-electron chi connectivity index (χ3n) is 10.8. The summed E-state index contributed by atoms with van der Waals surface area (Å²) < 4.78 is 5.87. The average molecular weight is 671 g/mol. The van der Waals surface area contributed by atoms with Gasteiger partial charge in [0.2, 0.25) is 0 Å². The van der Waals surface area contributed by atoms with Crippen LogP contribution in [-0.2, 0) is 11.2 Å². The first-order valence-electron chi connectivity index (χ1n) is 18.6. The van der Waals surface area contributed by atoms with Crippen LogP contribution in [0, 0.1) is 11.3 Å². The van der Waals surface area contributed by atoms with Gasteiger partial charge in [0.15, 0.2) is 12.1 Å². The van der Waals surface area contributed by atoms with Crippen LogP contribution in [0.4, 0.5) is 0 Å². The first-order chi connectivity index (χ1) is 25.1. The van der Waals surface area contributed by atoms with Gasteiger partial charge < -0.3 is 10.1 Å². The summed E-state index contributed by atoms with van der Waals surface area (Å²) >= 11 is 0. The molecule has 0 bridgehead atoms. The summed E-state index contributed by atoms with van der Waals surface area (Å²) in [6.45, 7) is 0. The smallest absolute Gasteiger partial charge is 0.186 e. The monoisotopic (exact) mass is 670 g/mol. The maximum Gasteiger partial charge on any atom is 0.186 e. The van der Waals surface area contributed by atoms with E-state index in [0.29, 0.717) is 5.90 Å². The van der Waals surface area contributed by atoms with E-state index in [-0.39, 0.29) is 12.0 Å². The number of nitrogens with one attached hydrogen (secondary N) is 2. The van der Waals surface area contributed by atoms with Crippen molar-refractivity contribution in [2.45, 2.75) is 70.1 Å². The zero-order valence-electron chi connectivity index (χ0n) is 29.2. The molecule has 5 nitrogen and oxygen atoms in total.